The van der Waals surface area contributed by atoms with E-state index in [1.54, 1.807) is 0 Å². The van der Waals surface area contributed by atoms with E-state index in [2.05, 4.69) is 14.3 Å². The Morgan fingerprint density at radius 3 is 2.71 bits per heavy atom. The zero-order valence-electron chi connectivity index (χ0n) is 6.75. The van der Waals surface area contributed by atoms with Crippen LogP contribution in [0.1, 0.15) is 5.69 Å². The lowest BCUT2D eigenvalue weighted by Crippen LogP contribution is -2.15. The molecular formula is C5H4F3N3O2S. The van der Waals surface area contributed by atoms with E-state index >= 15 is 0 Å². The molecule has 0 aliphatic heterocycles. The molecule has 1 heterocycles. The molecule has 0 aliphatic rings. The predicted molar refractivity (Wildman–Crippen MR) is 40.9 cm³/mol. The number of ether oxygens (including phenoxy) is 1. The molecule has 1 amide bonds. The molecule has 0 aliphatic carbocycles. The standard InChI is InChI=1S/C5H4F3N3O2S/c1-13-4(12)9-3-2(5(6,7)8)10-11-14-3/h1H3,(H,9,12). The number of carbonyl (C=O) groups is 1. The van der Waals surface area contributed by atoms with Crippen LogP contribution in [0.25, 0.3) is 0 Å². The number of hydrogen-bond acceptors (Lipinski definition) is 5. The Balaban J connectivity index is 2.88. The summed E-state index contributed by atoms with van der Waals surface area (Å²) in [6.45, 7) is 0. The number of rotatable bonds is 1. The molecule has 78 valence electrons. The Bertz CT molecular complexity index is 337. The largest absolute Gasteiger partial charge is 0.453 e. The zero-order valence-corrected chi connectivity index (χ0v) is 7.57. The summed E-state index contributed by atoms with van der Waals surface area (Å²) < 4.78 is 43.6. The first kappa shape index (κ1) is 10.7. The first-order valence-corrected chi connectivity index (χ1v) is 3.97. The van der Waals surface area contributed by atoms with Crippen molar-refractivity contribution in [2.45, 2.75) is 6.18 Å². The third-order valence-corrected chi connectivity index (χ3v) is 1.80. The van der Waals surface area contributed by atoms with Gasteiger partial charge in [0.05, 0.1) is 7.11 Å². The molecular weight excluding hydrogens is 223 g/mol. The van der Waals surface area contributed by atoms with Crippen molar-refractivity contribution in [3.8, 4) is 0 Å². The van der Waals surface area contributed by atoms with Gasteiger partial charge in [-0.1, -0.05) is 4.49 Å². The van der Waals surface area contributed by atoms with E-state index in [1.807, 2.05) is 5.32 Å². The van der Waals surface area contributed by atoms with Crippen LogP contribution in [0.3, 0.4) is 0 Å². The van der Waals surface area contributed by atoms with Gasteiger partial charge in [-0.05, 0) is 0 Å². The number of anilines is 1. The van der Waals surface area contributed by atoms with E-state index in [-0.39, 0.29) is 0 Å². The number of amides is 1. The van der Waals surface area contributed by atoms with E-state index in [1.165, 1.54) is 0 Å². The van der Waals surface area contributed by atoms with Crippen LogP contribution in [0.15, 0.2) is 0 Å². The molecule has 1 N–H and O–H groups in total. The molecule has 0 aromatic carbocycles. The third kappa shape index (κ3) is 2.31. The van der Waals surface area contributed by atoms with Crippen LogP contribution >= 0.6 is 11.5 Å². The maximum atomic E-state index is 12.1. The first-order chi connectivity index (χ1) is 6.45. The summed E-state index contributed by atoms with van der Waals surface area (Å²) in [7, 11) is 1.04. The highest BCUT2D eigenvalue weighted by Crippen LogP contribution is 2.34. The van der Waals surface area contributed by atoms with E-state index in [9.17, 15) is 18.0 Å². The molecule has 1 rings (SSSR count). The Kier molecular flexibility index (Phi) is 2.89. The average Bonchev–Trinajstić information content (AvgIpc) is 2.51. The van der Waals surface area contributed by atoms with Crippen molar-refractivity contribution < 1.29 is 22.7 Å². The Labute approximate surface area is 80.0 Å². The summed E-state index contributed by atoms with van der Waals surface area (Å²) in [5.74, 6) is 0. The van der Waals surface area contributed by atoms with Gasteiger partial charge < -0.3 is 4.74 Å². The minimum atomic E-state index is -4.64. The topological polar surface area (TPSA) is 64.1 Å². The van der Waals surface area contributed by atoms with Crippen LogP contribution in [0.4, 0.5) is 23.0 Å². The second kappa shape index (κ2) is 3.78. The molecule has 0 bridgehead atoms. The number of methoxy groups -OCH3 is 1. The number of hydrogen-bond donors (Lipinski definition) is 1. The van der Waals surface area contributed by atoms with Crippen LogP contribution in [0.2, 0.25) is 0 Å². The van der Waals surface area contributed by atoms with Crippen molar-refractivity contribution in [3.63, 3.8) is 0 Å². The summed E-state index contributed by atoms with van der Waals surface area (Å²) in [6, 6.07) is 0. The van der Waals surface area contributed by atoms with Crippen molar-refractivity contribution in [1.29, 1.82) is 0 Å². The lowest BCUT2D eigenvalue weighted by Gasteiger charge is -2.04. The Morgan fingerprint density at radius 1 is 1.57 bits per heavy atom. The van der Waals surface area contributed by atoms with Crippen molar-refractivity contribution in [1.82, 2.24) is 9.59 Å². The van der Waals surface area contributed by atoms with Crippen LogP contribution < -0.4 is 5.32 Å². The Hall–Kier alpha value is -1.38. The maximum Gasteiger partial charge on any atom is 0.438 e. The van der Waals surface area contributed by atoms with Gasteiger partial charge in [0.2, 0.25) is 5.69 Å². The summed E-state index contributed by atoms with van der Waals surface area (Å²) in [6.07, 6.45) is -5.63. The monoisotopic (exact) mass is 227 g/mol. The normalized spacial score (nSPS) is 11.1. The third-order valence-electron chi connectivity index (χ3n) is 1.16. The molecule has 0 saturated heterocycles. The number of halogens is 3. The van der Waals surface area contributed by atoms with Crippen molar-refractivity contribution >= 4 is 22.6 Å². The second-order valence-corrected chi connectivity index (χ2v) is 2.82. The predicted octanol–water partition coefficient (Wildman–Crippen LogP) is 1.74. The van der Waals surface area contributed by atoms with Crippen LogP contribution in [0, 0.1) is 0 Å². The molecule has 0 saturated carbocycles. The number of nitrogens with one attached hydrogen (secondary N) is 1. The summed E-state index contributed by atoms with van der Waals surface area (Å²) in [4.78, 5) is 10.6. The molecule has 0 spiro atoms. The van der Waals surface area contributed by atoms with Crippen LogP contribution in [-0.4, -0.2) is 22.8 Å². The fourth-order valence-electron chi connectivity index (χ4n) is 0.602. The number of carbonyl (C=O) groups excluding carboxylic acids is 1. The fourth-order valence-corrected chi connectivity index (χ4v) is 1.18. The van der Waals surface area contributed by atoms with E-state index in [0.717, 1.165) is 7.11 Å². The lowest BCUT2D eigenvalue weighted by atomic mass is 10.4. The van der Waals surface area contributed by atoms with Gasteiger partial charge in [0.1, 0.15) is 0 Å². The van der Waals surface area contributed by atoms with Crippen molar-refractivity contribution in [2.24, 2.45) is 0 Å². The van der Waals surface area contributed by atoms with Gasteiger partial charge in [-0.3, -0.25) is 5.32 Å². The molecule has 1 aromatic rings. The summed E-state index contributed by atoms with van der Waals surface area (Å²) >= 11 is 0.427. The molecule has 0 fully saturated rings. The van der Waals surface area contributed by atoms with Crippen molar-refractivity contribution in [3.05, 3.63) is 5.69 Å². The van der Waals surface area contributed by atoms with E-state index < -0.39 is 23.0 Å². The molecule has 9 heteroatoms. The van der Waals surface area contributed by atoms with Crippen molar-refractivity contribution in [2.75, 3.05) is 12.4 Å². The lowest BCUT2D eigenvalue weighted by molar-refractivity contribution is -0.140. The van der Waals surface area contributed by atoms with Crippen LogP contribution in [0.5, 0.6) is 0 Å². The molecule has 0 unspecified atom stereocenters. The van der Waals surface area contributed by atoms with Crippen LogP contribution in [-0.2, 0) is 10.9 Å². The summed E-state index contributed by atoms with van der Waals surface area (Å²) in [5, 5.41) is 4.23. The summed E-state index contributed by atoms with van der Waals surface area (Å²) in [5.41, 5.74) is -1.23. The molecule has 1 aromatic heterocycles. The highest BCUT2D eigenvalue weighted by atomic mass is 32.1. The highest BCUT2D eigenvalue weighted by molar-refractivity contribution is 7.10. The number of nitrogens with zero attached hydrogens (tertiary/aromatic N) is 2. The molecule has 0 radical (unpaired) electrons. The van der Waals surface area contributed by atoms with Gasteiger partial charge in [-0.15, -0.1) is 5.10 Å². The maximum absolute atomic E-state index is 12.1. The van der Waals surface area contributed by atoms with Gasteiger partial charge in [0, 0.05) is 11.5 Å². The van der Waals surface area contributed by atoms with Gasteiger partial charge in [-0.25, -0.2) is 4.79 Å². The van der Waals surface area contributed by atoms with Gasteiger partial charge >= 0.3 is 12.3 Å². The van der Waals surface area contributed by atoms with E-state index in [0.29, 0.717) is 11.5 Å². The molecule has 0 atom stereocenters. The van der Waals surface area contributed by atoms with E-state index in [4.69, 9.17) is 0 Å². The first-order valence-electron chi connectivity index (χ1n) is 3.19. The molecule has 5 nitrogen and oxygen atoms in total. The minimum absolute atomic E-state index is 0.427. The Morgan fingerprint density at radius 2 is 2.21 bits per heavy atom. The van der Waals surface area contributed by atoms with Gasteiger partial charge in [-0.2, -0.15) is 13.2 Å². The highest BCUT2D eigenvalue weighted by Gasteiger charge is 2.38. The van der Waals surface area contributed by atoms with Gasteiger partial charge in [0.15, 0.2) is 5.00 Å². The molecule has 14 heavy (non-hydrogen) atoms. The van der Waals surface area contributed by atoms with Gasteiger partial charge in [0.25, 0.3) is 0 Å². The average molecular weight is 227 g/mol. The minimum Gasteiger partial charge on any atom is -0.453 e. The number of aromatic nitrogens is 2. The number of alkyl halides is 3. The smallest absolute Gasteiger partial charge is 0.438 e. The fraction of sp³-hybridized carbons (Fsp3) is 0.400. The zero-order chi connectivity index (χ0) is 10.8. The quantitative estimate of drug-likeness (QED) is 0.793. The SMILES string of the molecule is COC(=O)Nc1snnc1C(F)(F)F. The second-order valence-electron chi connectivity index (χ2n) is 2.07.